The van der Waals surface area contributed by atoms with Gasteiger partial charge >= 0.3 is 0 Å². The standard InChI is InChI=1S/C19H16N2O2S/c1-3-23-16-9-8-13-6-4-5-7-14(13)15(16)12-17-19(22)21(2)18(24-17)10-11-20/h4-10,12H,3H2,1-2H3/b17-12-,18-10-. The minimum absolute atomic E-state index is 0.114. The number of nitriles is 1. The molecule has 4 nitrogen and oxygen atoms in total. The Balaban J connectivity index is 2.36. The maximum absolute atomic E-state index is 12.4. The second-order valence-electron chi connectivity index (χ2n) is 5.22. The largest absolute Gasteiger partial charge is 0.493 e. The maximum Gasteiger partial charge on any atom is 0.268 e. The van der Waals surface area contributed by atoms with Gasteiger partial charge in [0, 0.05) is 18.7 Å². The fourth-order valence-corrected chi connectivity index (χ4v) is 3.56. The maximum atomic E-state index is 12.4. The SMILES string of the molecule is CCOc1ccc2ccccc2c1/C=c1\s/c(=C\C#N)n(C)c1=O. The number of rotatable bonds is 3. The van der Waals surface area contributed by atoms with Gasteiger partial charge in [0.25, 0.3) is 5.56 Å². The second-order valence-corrected chi connectivity index (χ2v) is 6.28. The molecule has 0 unspecified atom stereocenters. The van der Waals surface area contributed by atoms with Gasteiger partial charge in [0.05, 0.1) is 17.2 Å². The Hall–Kier alpha value is -2.84. The Labute approximate surface area is 143 Å². The molecule has 0 atom stereocenters. The normalized spacial score (nSPS) is 12.5. The zero-order valence-electron chi connectivity index (χ0n) is 13.4. The summed E-state index contributed by atoms with van der Waals surface area (Å²) in [6.45, 7) is 2.48. The zero-order chi connectivity index (χ0) is 17.1. The molecule has 0 spiro atoms. The zero-order valence-corrected chi connectivity index (χ0v) is 14.3. The third-order valence-corrected chi connectivity index (χ3v) is 4.87. The highest BCUT2D eigenvalue weighted by Gasteiger charge is 2.08. The lowest BCUT2D eigenvalue weighted by Gasteiger charge is -2.10. The summed E-state index contributed by atoms with van der Waals surface area (Å²) in [5, 5.41) is 11.0. The van der Waals surface area contributed by atoms with E-state index in [0.717, 1.165) is 22.1 Å². The molecule has 0 aliphatic rings. The first-order valence-corrected chi connectivity index (χ1v) is 8.39. The van der Waals surface area contributed by atoms with Gasteiger partial charge < -0.3 is 9.30 Å². The molecule has 0 amide bonds. The Morgan fingerprint density at radius 2 is 2.08 bits per heavy atom. The van der Waals surface area contributed by atoms with E-state index in [9.17, 15) is 4.79 Å². The summed E-state index contributed by atoms with van der Waals surface area (Å²) in [6.07, 6.45) is 3.24. The fourth-order valence-electron chi connectivity index (χ4n) is 2.60. The monoisotopic (exact) mass is 336 g/mol. The van der Waals surface area contributed by atoms with Crippen molar-refractivity contribution in [3.05, 3.63) is 61.5 Å². The van der Waals surface area contributed by atoms with E-state index in [1.807, 2.05) is 55.5 Å². The van der Waals surface area contributed by atoms with E-state index in [0.29, 0.717) is 15.8 Å². The van der Waals surface area contributed by atoms with E-state index in [2.05, 4.69) is 0 Å². The minimum Gasteiger partial charge on any atom is -0.493 e. The molecule has 24 heavy (non-hydrogen) atoms. The first-order chi connectivity index (χ1) is 11.7. The van der Waals surface area contributed by atoms with Crippen molar-refractivity contribution in [2.24, 2.45) is 7.05 Å². The summed E-state index contributed by atoms with van der Waals surface area (Å²) in [5.74, 6) is 0.748. The van der Waals surface area contributed by atoms with Gasteiger partial charge in [-0.2, -0.15) is 5.26 Å². The van der Waals surface area contributed by atoms with Gasteiger partial charge in [-0.05, 0) is 29.8 Å². The van der Waals surface area contributed by atoms with Crippen molar-refractivity contribution >= 4 is 34.3 Å². The van der Waals surface area contributed by atoms with Crippen LogP contribution in [0.4, 0.5) is 0 Å². The topological polar surface area (TPSA) is 55.0 Å². The van der Waals surface area contributed by atoms with Crippen LogP contribution in [0.1, 0.15) is 12.5 Å². The van der Waals surface area contributed by atoms with Crippen molar-refractivity contribution in [3.8, 4) is 11.8 Å². The number of thiazole rings is 1. The molecule has 0 saturated heterocycles. The lowest BCUT2D eigenvalue weighted by molar-refractivity contribution is 0.340. The highest BCUT2D eigenvalue weighted by Crippen LogP contribution is 2.28. The van der Waals surface area contributed by atoms with Crippen molar-refractivity contribution in [1.29, 1.82) is 5.26 Å². The van der Waals surface area contributed by atoms with E-state index < -0.39 is 0 Å². The number of ether oxygens (including phenoxy) is 1. The minimum atomic E-state index is -0.114. The van der Waals surface area contributed by atoms with E-state index in [4.69, 9.17) is 10.00 Å². The van der Waals surface area contributed by atoms with Crippen molar-refractivity contribution in [1.82, 2.24) is 4.57 Å². The fraction of sp³-hybridized carbons (Fsp3) is 0.158. The smallest absolute Gasteiger partial charge is 0.268 e. The number of aromatic nitrogens is 1. The molecule has 3 rings (SSSR count). The number of hydrogen-bond acceptors (Lipinski definition) is 4. The molecule has 0 fully saturated rings. The van der Waals surface area contributed by atoms with Crippen LogP contribution in [0.5, 0.6) is 5.75 Å². The quantitative estimate of drug-likeness (QED) is 0.736. The van der Waals surface area contributed by atoms with Crippen LogP contribution in [0, 0.1) is 11.3 Å². The van der Waals surface area contributed by atoms with Gasteiger partial charge in [0.15, 0.2) is 0 Å². The van der Waals surface area contributed by atoms with E-state index in [1.165, 1.54) is 22.0 Å². The Morgan fingerprint density at radius 3 is 2.83 bits per heavy atom. The van der Waals surface area contributed by atoms with Crippen LogP contribution >= 0.6 is 11.3 Å². The molecule has 120 valence electrons. The molecule has 0 bridgehead atoms. The summed E-state index contributed by atoms with van der Waals surface area (Å²) >= 11 is 1.30. The highest BCUT2D eigenvalue weighted by molar-refractivity contribution is 7.07. The van der Waals surface area contributed by atoms with Crippen LogP contribution in [0.3, 0.4) is 0 Å². The van der Waals surface area contributed by atoms with Gasteiger partial charge in [-0.3, -0.25) is 4.79 Å². The van der Waals surface area contributed by atoms with Crippen LogP contribution in [0.2, 0.25) is 0 Å². The van der Waals surface area contributed by atoms with Crippen LogP contribution in [0.15, 0.2) is 41.2 Å². The van der Waals surface area contributed by atoms with E-state index >= 15 is 0 Å². The highest BCUT2D eigenvalue weighted by atomic mass is 32.1. The number of fused-ring (bicyclic) bond motifs is 1. The lowest BCUT2D eigenvalue weighted by atomic mass is 10.0. The molecule has 2 aromatic carbocycles. The number of nitrogens with zero attached hydrogens (tertiary/aromatic N) is 2. The Morgan fingerprint density at radius 1 is 1.29 bits per heavy atom. The lowest BCUT2D eigenvalue weighted by Crippen LogP contribution is -2.28. The average molecular weight is 336 g/mol. The third-order valence-electron chi connectivity index (χ3n) is 3.75. The van der Waals surface area contributed by atoms with Crippen LogP contribution in [-0.4, -0.2) is 11.2 Å². The predicted octanol–water partition coefficient (Wildman–Crippen LogP) is 2.13. The van der Waals surface area contributed by atoms with Gasteiger partial charge in [-0.25, -0.2) is 0 Å². The molecule has 0 N–H and O–H groups in total. The molecular formula is C19H16N2O2S. The van der Waals surface area contributed by atoms with Crippen LogP contribution < -0.4 is 19.5 Å². The molecule has 0 saturated carbocycles. The van der Waals surface area contributed by atoms with Gasteiger partial charge in [0.2, 0.25) is 0 Å². The molecule has 1 heterocycles. The molecule has 0 aliphatic carbocycles. The molecule has 0 aliphatic heterocycles. The van der Waals surface area contributed by atoms with Crippen molar-refractivity contribution in [2.75, 3.05) is 6.61 Å². The van der Waals surface area contributed by atoms with Crippen molar-refractivity contribution in [2.45, 2.75) is 6.92 Å². The van der Waals surface area contributed by atoms with E-state index in [1.54, 1.807) is 7.05 Å². The van der Waals surface area contributed by atoms with Gasteiger partial charge in [0.1, 0.15) is 10.4 Å². The molecular weight excluding hydrogens is 320 g/mol. The summed E-state index contributed by atoms with van der Waals surface area (Å²) in [7, 11) is 1.67. The summed E-state index contributed by atoms with van der Waals surface area (Å²) in [4.78, 5) is 12.4. The third kappa shape index (κ3) is 2.84. The van der Waals surface area contributed by atoms with Gasteiger partial charge in [-0.15, -0.1) is 11.3 Å². The predicted molar refractivity (Wildman–Crippen MR) is 97.6 cm³/mol. The van der Waals surface area contributed by atoms with Crippen LogP contribution in [-0.2, 0) is 7.05 Å². The number of benzene rings is 2. The van der Waals surface area contributed by atoms with Crippen molar-refractivity contribution < 1.29 is 4.74 Å². The summed E-state index contributed by atoms with van der Waals surface area (Å²) in [5.41, 5.74) is 0.772. The second kappa shape index (κ2) is 6.73. The molecule has 0 radical (unpaired) electrons. The van der Waals surface area contributed by atoms with Crippen molar-refractivity contribution in [3.63, 3.8) is 0 Å². The molecule has 1 aromatic heterocycles. The summed E-state index contributed by atoms with van der Waals surface area (Å²) in [6, 6.07) is 13.9. The first kappa shape index (κ1) is 16.0. The Bertz CT molecular complexity index is 1120. The van der Waals surface area contributed by atoms with Crippen LogP contribution in [0.25, 0.3) is 22.9 Å². The van der Waals surface area contributed by atoms with Gasteiger partial charge in [-0.1, -0.05) is 30.3 Å². The average Bonchev–Trinajstić information content (AvgIpc) is 2.85. The van der Waals surface area contributed by atoms with E-state index in [-0.39, 0.29) is 5.56 Å². The number of hydrogen-bond donors (Lipinski definition) is 0. The summed E-state index contributed by atoms with van der Waals surface area (Å²) < 4.78 is 8.45. The Kier molecular flexibility index (Phi) is 4.50. The molecule has 5 heteroatoms. The molecule has 3 aromatic rings. The first-order valence-electron chi connectivity index (χ1n) is 7.57.